The summed E-state index contributed by atoms with van der Waals surface area (Å²) in [6.07, 6.45) is 6.36. The highest BCUT2D eigenvalue weighted by molar-refractivity contribution is 6.13. The molecule has 2 aromatic carbocycles. The van der Waals surface area contributed by atoms with Crippen LogP contribution in [0.5, 0.6) is 0 Å². The molecule has 2 atom stereocenters. The molecule has 1 saturated heterocycles. The SMILES string of the molecule is CC[C@@]12C=C(C(=O)OCCOC(=O)c3ccccc3)n3c4c(c5ccccc53)CCN(CCC1)[C@@H]42. The minimum Gasteiger partial charge on any atom is -0.458 e. The van der Waals surface area contributed by atoms with E-state index in [9.17, 15) is 9.59 Å². The summed E-state index contributed by atoms with van der Waals surface area (Å²) in [5.74, 6) is -0.780. The molecule has 0 unspecified atom stereocenters. The maximum Gasteiger partial charge on any atom is 0.355 e. The van der Waals surface area contributed by atoms with Gasteiger partial charge in [-0.25, -0.2) is 9.59 Å². The summed E-state index contributed by atoms with van der Waals surface area (Å²) >= 11 is 0. The third-order valence-electron chi connectivity index (χ3n) is 8.02. The summed E-state index contributed by atoms with van der Waals surface area (Å²) < 4.78 is 13.1. The van der Waals surface area contributed by atoms with E-state index in [1.54, 1.807) is 24.3 Å². The first kappa shape index (κ1) is 22.1. The van der Waals surface area contributed by atoms with E-state index < -0.39 is 5.97 Å². The molecule has 0 aliphatic carbocycles. The van der Waals surface area contributed by atoms with Crippen LogP contribution in [0, 0.1) is 5.41 Å². The topological polar surface area (TPSA) is 60.8 Å². The number of esters is 2. The zero-order valence-corrected chi connectivity index (χ0v) is 20.0. The molecule has 1 aromatic heterocycles. The number of carbonyl (C=O) groups excluding carboxylic acids is 2. The molecule has 0 N–H and O–H groups in total. The molecule has 0 spiro atoms. The van der Waals surface area contributed by atoms with Crippen molar-refractivity contribution in [3.63, 3.8) is 0 Å². The third-order valence-corrected chi connectivity index (χ3v) is 8.02. The van der Waals surface area contributed by atoms with Gasteiger partial charge in [-0.15, -0.1) is 0 Å². The van der Waals surface area contributed by atoms with E-state index in [4.69, 9.17) is 9.47 Å². The molecular weight excluding hydrogens is 440 g/mol. The van der Waals surface area contributed by atoms with E-state index in [0.717, 1.165) is 44.3 Å². The molecule has 0 bridgehead atoms. The molecule has 6 rings (SSSR count). The van der Waals surface area contributed by atoms with Crippen LogP contribution in [0.3, 0.4) is 0 Å². The monoisotopic (exact) mass is 470 g/mol. The van der Waals surface area contributed by atoms with Gasteiger partial charge >= 0.3 is 11.9 Å². The molecule has 6 nitrogen and oxygen atoms in total. The molecule has 3 aliphatic heterocycles. The molecule has 3 aliphatic rings. The minimum absolute atomic E-state index is 0.0187. The van der Waals surface area contributed by atoms with E-state index in [-0.39, 0.29) is 24.6 Å². The van der Waals surface area contributed by atoms with Crippen LogP contribution < -0.4 is 0 Å². The molecule has 1 fully saturated rings. The lowest BCUT2D eigenvalue weighted by Crippen LogP contribution is -2.51. The van der Waals surface area contributed by atoms with Crippen LogP contribution in [-0.2, 0) is 20.7 Å². The lowest BCUT2D eigenvalue weighted by Gasteiger charge is -2.53. The van der Waals surface area contributed by atoms with Crippen molar-refractivity contribution in [2.45, 2.75) is 38.6 Å². The second-order valence-electron chi connectivity index (χ2n) is 9.76. The Kier molecular flexibility index (Phi) is 5.49. The second-order valence-corrected chi connectivity index (χ2v) is 9.76. The van der Waals surface area contributed by atoms with Crippen LogP contribution in [0.25, 0.3) is 16.6 Å². The molecule has 6 heteroatoms. The zero-order chi connectivity index (χ0) is 24.0. The second kappa shape index (κ2) is 8.68. The Morgan fingerprint density at radius 1 is 0.971 bits per heavy atom. The number of hydrogen-bond donors (Lipinski definition) is 0. The van der Waals surface area contributed by atoms with Gasteiger partial charge in [0.2, 0.25) is 0 Å². The van der Waals surface area contributed by atoms with Crippen molar-refractivity contribution in [3.8, 4) is 0 Å². The highest BCUT2D eigenvalue weighted by Gasteiger charge is 2.51. The van der Waals surface area contributed by atoms with Crippen LogP contribution in [0.1, 0.15) is 53.8 Å². The highest BCUT2D eigenvalue weighted by Crippen LogP contribution is 2.57. The maximum absolute atomic E-state index is 13.5. The van der Waals surface area contributed by atoms with Gasteiger partial charge in [-0.3, -0.25) is 4.90 Å². The Morgan fingerprint density at radius 2 is 1.71 bits per heavy atom. The van der Waals surface area contributed by atoms with Gasteiger partial charge in [0, 0.05) is 23.0 Å². The van der Waals surface area contributed by atoms with Crippen molar-refractivity contribution < 1.29 is 19.1 Å². The number of piperidine rings is 1. The molecule has 4 heterocycles. The predicted molar refractivity (Wildman–Crippen MR) is 134 cm³/mol. The van der Waals surface area contributed by atoms with Crippen LogP contribution in [0.4, 0.5) is 0 Å². The maximum atomic E-state index is 13.5. The van der Waals surface area contributed by atoms with Gasteiger partial charge in [-0.2, -0.15) is 0 Å². The number of rotatable bonds is 6. The van der Waals surface area contributed by atoms with E-state index in [1.165, 1.54) is 16.6 Å². The predicted octanol–water partition coefficient (Wildman–Crippen LogP) is 4.99. The van der Waals surface area contributed by atoms with Gasteiger partial charge in [0.25, 0.3) is 0 Å². The minimum atomic E-state index is -0.418. The fraction of sp³-hybridized carbons (Fsp3) is 0.379. The molecule has 0 amide bonds. The van der Waals surface area contributed by atoms with Crippen molar-refractivity contribution >= 4 is 28.5 Å². The Hall–Kier alpha value is -3.38. The third kappa shape index (κ3) is 3.50. The van der Waals surface area contributed by atoms with Gasteiger partial charge in [-0.05, 0) is 62.1 Å². The fourth-order valence-corrected chi connectivity index (χ4v) is 6.43. The van der Waals surface area contributed by atoms with Gasteiger partial charge in [0.05, 0.1) is 17.1 Å². The summed E-state index contributed by atoms with van der Waals surface area (Å²) in [5, 5.41) is 1.23. The smallest absolute Gasteiger partial charge is 0.355 e. The number of hydrogen-bond acceptors (Lipinski definition) is 5. The van der Waals surface area contributed by atoms with E-state index in [2.05, 4.69) is 40.7 Å². The molecule has 35 heavy (non-hydrogen) atoms. The number of benzene rings is 2. The summed E-state index contributed by atoms with van der Waals surface area (Å²) in [6.45, 7) is 4.44. The average molecular weight is 471 g/mol. The zero-order valence-electron chi connectivity index (χ0n) is 20.0. The van der Waals surface area contributed by atoms with E-state index in [0.29, 0.717) is 17.3 Å². The molecule has 0 radical (unpaired) electrons. The van der Waals surface area contributed by atoms with Crippen molar-refractivity contribution in [2.75, 3.05) is 26.3 Å². The lowest BCUT2D eigenvalue weighted by atomic mass is 9.66. The first-order valence-corrected chi connectivity index (χ1v) is 12.6. The van der Waals surface area contributed by atoms with Gasteiger partial charge in [0.15, 0.2) is 0 Å². The summed E-state index contributed by atoms with van der Waals surface area (Å²) in [6, 6.07) is 17.5. The summed E-state index contributed by atoms with van der Waals surface area (Å²) in [4.78, 5) is 28.3. The number of carbonyl (C=O) groups is 2. The Morgan fingerprint density at radius 3 is 2.51 bits per heavy atom. The normalized spacial score (nSPS) is 22.9. The molecule has 180 valence electrons. The van der Waals surface area contributed by atoms with Gasteiger partial charge < -0.3 is 14.0 Å². The van der Waals surface area contributed by atoms with E-state index in [1.807, 2.05) is 12.1 Å². The number of aromatic nitrogens is 1. The Balaban J connectivity index is 1.30. The van der Waals surface area contributed by atoms with Crippen molar-refractivity contribution in [3.05, 3.63) is 77.5 Å². The number of ether oxygens (including phenoxy) is 2. The van der Waals surface area contributed by atoms with Crippen LogP contribution in [-0.4, -0.2) is 47.7 Å². The average Bonchev–Trinajstić information content (AvgIpc) is 3.25. The summed E-state index contributed by atoms with van der Waals surface area (Å²) in [5.41, 5.74) is 4.70. The Labute approximate surface area is 205 Å². The number of fused-ring (bicyclic) bond motifs is 3. The molecular formula is C29H30N2O4. The first-order chi connectivity index (χ1) is 17.1. The summed E-state index contributed by atoms with van der Waals surface area (Å²) in [7, 11) is 0. The Bertz CT molecular complexity index is 1330. The van der Waals surface area contributed by atoms with Crippen molar-refractivity contribution in [2.24, 2.45) is 5.41 Å². The lowest BCUT2D eigenvalue weighted by molar-refractivity contribution is -0.138. The van der Waals surface area contributed by atoms with Gasteiger partial charge in [-0.1, -0.05) is 43.3 Å². The molecule has 3 aromatic rings. The quantitative estimate of drug-likeness (QED) is 0.375. The molecule has 0 saturated carbocycles. The van der Waals surface area contributed by atoms with Crippen LogP contribution in [0.15, 0.2) is 60.7 Å². The fourth-order valence-electron chi connectivity index (χ4n) is 6.43. The number of nitrogens with zero attached hydrogens (tertiary/aromatic N) is 2. The van der Waals surface area contributed by atoms with Crippen LogP contribution >= 0.6 is 0 Å². The largest absolute Gasteiger partial charge is 0.458 e. The first-order valence-electron chi connectivity index (χ1n) is 12.6. The van der Waals surface area contributed by atoms with Crippen LogP contribution in [0.2, 0.25) is 0 Å². The highest BCUT2D eigenvalue weighted by atomic mass is 16.6. The van der Waals surface area contributed by atoms with E-state index >= 15 is 0 Å². The van der Waals surface area contributed by atoms with Crippen molar-refractivity contribution in [1.29, 1.82) is 0 Å². The standard InChI is InChI=1S/C29H30N2O4/c1-2-29-14-8-15-30-16-13-22-21-11-6-7-12-23(21)31(25(22)26(29)30)24(19-29)28(33)35-18-17-34-27(32)20-9-4-3-5-10-20/h3-7,9-12,19,26H,2,8,13-18H2,1H3/t26-,29-/m0/s1. The number of para-hydroxylation sites is 1. The van der Waals surface area contributed by atoms with Crippen molar-refractivity contribution in [1.82, 2.24) is 9.47 Å². The van der Waals surface area contributed by atoms with Gasteiger partial charge in [0.1, 0.15) is 18.9 Å².